The first-order valence-electron chi connectivity index (χ1n) is 11.8. The van der Waals surface area contributed by atoms with E-state index in [-0.39, 0.29) is 42.4 Å². The van der Waals surface area contributed by atoms with Crippen LogP contribution in [0.4, 0.5) is 8.78 Å². The third-order valence-corrected chi connectivity index (χ3v) is 7.16. The second-order valence-electron chi connectivity index (χ2n) is 9.80. The Balaban J connectivity index is 1.61. The molecule has 1 saturated heterocycles. The number of rotatable bonds is 4. The highest BCUT2D eigenvalue weighted by Crippen LogP contribution is 2.40. The van der Waals surface area contributed by atoms with Gasteiger partial charge in [-0.3, -0.25) is 0 Å². The van der Waals surface area contributed by atoms with E-state index in [0.29, 0.717) is 36.4 Å². The highest BCUT2D eigenvalue weighted by Gasteiger charge is 2.36. The zero-order chi connectivity index (χ0) is 24.2. The van der Waals surface area contributed by atoms with Gasteiger partial charge in [-0.15, -0.1) is 0 Å². The molecule has 0 amide bonds. The van der Waals surface area contributed by atoms with E-state index in [2.05, 4.69) is 27.2 Å². The number of halogens is 2. The van der Waals surface area contributed by atoms with E-state index in [1.54, 1.807) is 7.11 Å². The average Bonchev–Trinajstić information content (AvgIpc) is 3.24. The Morgan fingerprint density at radius 1 is 1.32 bits per heavy atom. The highest BCUT2D eigenvalue weighted by atomic mass is 19.1. The summed E-state index contributed by atoms with van der Waals surface area (Å²) < 4.78 is 43.5. The van der Waals surface area contributed by atoms with E-state index >= 15 is 8.78 Å². The van der Waals surface area contributed by atoms with Gasteiger partial charge >= 0.3 is 0 Å². The quantitative estimate of drug-likeness (QED) is 0.710. The molecule has 4 atom stereocenters. The van der Waals surface area contributed by atoms with Crippen LogP contribution in [-0.2, 0) is 21.5 Å². The predicted octanol–water partition coefficient (Wildman–Crippen LogP) is 2.80. The van der Waals surface area contributed by atoms with E-state index in [1.165, 1.54) is 6.07 Å². The number of aliphatic hydroxyl groups is 1. The Hall–Kier alpha value is -2.43. The van der Waals surface area contributed by atoms with Crippen LogP contribution in [0.15, 0.2) is 16.1 Å². The summed E-state index contributed by atoms with van der Waals surface area (Å²) >= 11 is 0. The second-order valence-corrected chi connectivity index (χ2v) is 9.80. The molecule has 3 aliphatic heterocycles. The SMILES string of the molecule is COC(C)(C)c1nc2c(F)cc(C3=NC(N[C@@H]4CCOC[C@H]4O)=NCC3F)c3c2n1[C@H](C)CC3. The maximum atomic E-state index is 15.4. The molecule has 1 aromatic carbocycles. The van der Waals surface area contributed by atoms with Crippen molar-refractivity contribution < 1.29 is 23.4 Å². The third kappa shape index (κ3) is 3.81. The number of nitrogens with zero attached hydrogens (tertiary/aromatic N) is 4. The normalized spacial score (nSPS) is 27.5. The summed E-state index contributed by atoms with van der Waals surface area (Å²) in [6.45, 7) is 6.50. The highest BCUT2D eigenvalue weighted by molar-refractivity contribution is 6.13. The minimum atomic E-state index is -1.45. The number of nitrogens with one attached hydrogen (secondary N) is 1. The number of ether oxygens (including phenoxy) is 2. The molecule has 4 heterocycles. The molecule has 3 aliphatic rings. The molecular formula is C24H31F2N5O3. The van der Waals surface area contributed by atoms with E-state index in [4.69, 9.17) is 9.47 Å². The predicted molar refractivity (Wildman–Crippen MR) is 125 cm³/mol. The lowest BCUT2D eigenvalue weighted by atomic mass is 9.90. The number of aliphatic hydroxyl groups excluding tert-OH is 1. The first-order valence-corrected chi connectivity index (χ1v) is 11.8. The number of aromatic nitrogens is 2. The molecule has 1 aromatic heterocycles. The van der Waals surface area contributed by atoms with Crippen LogP contribution in [0.5, 0.6) is 0 Å². The maximum Gasteiger partial charge on any atom is 0.218 e. The minimum Gasteiger partial charge on any atom is -0.389 e. The molecule has 0 spiro atoms. The molecule has 0 aliphatic carbocycles. The number of guanidine groups is 1. The van der Waals surface area contributed by atoms with Crippen LogP contribution in [0.2, 0.25) is 0 Å². The smallest absolute Gasteiger partial charge is 0.218 e. The molecule has 0 radical (unpaired) electrons. The molecule has 1 fully saturated rings. The fourth-order valence-electron chi connectivity index (χ4n) is 5.04. The zero-order valence-corrected chi connectivity index (χ0v) is 19.9. The van der Waals surface area contributed by atoms with Crippen LogP contribution in [-0.4, -0.2) is 71.5 Å². The molecule has 5 rings (SSSR count). The van der Waals surface area contributed by atoms with E-state index in [0.717, 1.165) is 12.0 Å². The minimum absolute atomic E-state index is 0.0971. The number of hydrogen-bond donors (Lipinski definition) is 2. The number of benzene rings is 1. The summed E-state index contributed by atoms with van der Waals surface area (Å²) in [6, 6.07) is 1.17. The van der Waals surface area contributed by atoms with Gasteiger partial charge in [0, 0.05) is 25.3 Å². The van der Waals surface area contributed by atoms with Crippen molar-refractivity contribution in [2.24, 2.45) is 9.98 Å². The maximum absolute atomic E-state index is 15.4. The van der Waals surface area contributed by atoms with Gasteiger partial charge in [0.15, 0.2) is 12.0 Å². The first-order chi connectivity index (χ1) is 16.2. The Bertz CT molecular complexity index is 1180. The van der Waals surface area contributed by atoms with Gasteiger partial charge < -0.3 is 24.5 Å². The van der Waals surface area contributed by atoms with Crippen molar-refractivity contribution in [3.63, 3.8) is 0 Å². The summed E-state index contributed by atoms with van der Waals surface area (Å²) in [4.78, 5) is 13.3. The van der Waals surface area contributed by atoms with Crippen molar-refractivity contribution in [3.05, 3.63) is 28.8 Å². The van der Waals surface area contributed by atoms with Crippen LogP contribution in [0.3, 0.4) is 0 Å². The van der Waals surface area contributed by atoms with Crippen molar-refractivity contribution in [1.82, 2.24) is 14.9 Å². The molecule has 34 heavy (non-hydrogen) atoms. The summed E-state index contributed by atoms with van der Waals surface area (Å²) in [7, 11) is 1.61. The third-order valence-electron chi connectivity index (χ3n) is 7.16. The lowest BCUT2D eigenvalue weighted by Crippen LogP contribution is -2.49. The monoisotopic (exact) mass is 475 g/mol. The van der Waals surface area contributed by atoms with Crippen LogP contribution in [0.25, 0.3) is 11.0 Å². The van der Waals surface area contributed by atoms with Crippen molar-refractivity contribution in [1.29, 1.82) is 0 Å². The van der Waals surface area contributed by atoms with Gasteiger partial charge in [0.25, 0.3) is 0 Å². The van der Waals surface area contributed by atoms with Gasteiger partial charge in [-0.05, 0) is 51.7 Å². The Kier molecular flexibility index (Phi) is 5.94. The molecule has 2 N–H and O–H groups in total. The van der Waals surface area contributed by atoms with Crippen molar-refractivity contribution in [2.45, 2.75) is 70.0 Å². The Labute approximate surface area is 197 Å². The lowest BCUT2D eigenvalue weighted by molar-refractivity contribution is -0.0232. The van der Waals surface area contributed by atoms with Gasteiger partial charge in [-0.1, -0.05) is 0 Å². The van der Waals surface area contributed by atoms with Gasteiger partial charge in [0.2, 0.25) is 5.96 Å². The summed E-state index contributed by atoms with van der Waals surface area (Å²) in [5.41, 5.74) is 1.69. The fraction of sp³-hybridized carbons (Fsp3) is 0.625. The van der Waals surface area contributed by atoms with E-state index in [9.17, 15) is 5.11 Å². The molecule has 0 bridgehead atoms. The van der Waals surface area contributed by atoms with Crippen LogP contribution < -0.4 is 5.32 Å². The number of alkyl halides is 1. The van der Waals surface area contributed by atoms with Crippen LogP contribution >= 0.6 is 0 Å². The summed E-state index contributed by atoms with van der Waals surface area (Å²) in [5.74, 6) is 0.386. The number of methoxy groups -OCH3 is 1. The standard InChI is InChI=1S/C24H31F2N5O3/c1-12-5-6-13-14(9-15(25)20-21(13)31(12)22(29-20)24(2,3)33-4)19-16(26)10-27-23(30-19)28-17-7-8-34-11-18(17)32/h9,12,16-18,32H,5-8,10-11H2,1-4H3,(H,27,28)/t12-,16?,17-,18-/m1/s1. The second kappa shape index (κ2) is 8.66. The molecular weight excluding hydrogens is 444 g/mol. The van der Waals surface area contributed by atoms with Crippen molar-refractivity contribution in [3.8, 4) is 0 Å². The van der Waals surface area contributed by atoms with Crippen LogP contribution in [0.1, 0.15) is 56.6 Å². The molecule has 0 saturated carbocycles. The molecule has 184 valence electrons. The molecule has 8 nitrogen and oxygen atoms in total. The number of aliphatic imine (C=N–C) groups is 2. The number of aryl methyl sites for hydroxylation is 1. The van der Waals surface area contributed by atoms with Crippen LogP contribution in [0, 0.1) is 5.82 Å². The summed E-state index contributed by atoms with van der Waals surface area (Å²) in [5, 5.41) is 13.3. The topological polar surface area (TPSA) is 93.3 Å². The average molecular weight is 476 g/mol. The zero-order valence-electron chi connectivity index (χ0n) is 19.9. The van der Waals surface area contributed by atoms with E-state index < -0.39 is 23.7 Å². The van der Waals surface area contributed by atoms with Gasteiger partial charge in [-0.25, -0.2) is 23.7 Å². The number of hydrogen-bond acceptors (Lipinski definition) is 7. The largest absolute Gasteiger partial charge is 0.389 e. The van der Waals surface area contributed by atoms with Crippen molar-refractivity contribution >= 4 is 22.7 Å². The van der Waals surface area contributed by atoms with E-state index in [1.807, 2.05) is 18.4 Å². The van der Waals surface area contributed by atoms with Gasteiger partial charge in [-0.2, -0.15) is 0 Å². The fourth-order valence-corrected chi connectivity index (χ4v) is 5.04. The Morgan fingerprint density at radius 3 is 2.85 bits per heavy atom. The lowest BCUT2D eigenvalue weighted by Gasteiger charge is -2.31. The molecule has 2 aromatic rings. The van der Waals surface area contributed by atoms with Gasteiger partial charge in [0.05, 0.1) is 36.5 Å². The Morgan fingerprint density at radius 2 is 2.12 bits per heavy atom. The summed E-state index contributed by atoms with van der Waals surface area (Å²) in [6.07, 6.45) is -0.0987. The first kappa shape index (κ1) is 23.3. The van der Waals surface area contributed by atoms with Crippen molar-refractivity contribution in [2.75, 3.05) is 26.9 Å². The van der Waals surface area contributed by atoms with Gasteiger partial charge in [0.1, 0.15) is 16.9 Å². The number of imidazole rings is 1. The molecule has 10 heteroatoms. The molecule has 1 unspecified atom stereocenters.